The van der Waals surface area contributed by atoms with Crippen LogP contribution in [0.1, 0.15) is 51.0 Å². The van der Waals surface area contributed by atoms with Crippen LogP contribution >= 0.6 is 0 Å². The van der Waals surface area contributed by atoms with E-state index in [1.165, 1.54) is 5.56 Å². The molecule has 0 aliphatic carbocycles. The zero-order valence-corrected chi connectivity index (χ0v) is 16.5. The Morgan fingerprint density at radius 3 is 2.52 bits per heavy atom. The molecule has 1 aromatic rings. The molecule has 1 aromatic carbocycles. The Hall–Kier alpha value is -1.88. The van der Waals surface area contributed by atoms with Gasteiger partial charge in [0.15, 0.2) is 0 Å². The van der Waals surface area contributed by atoms with Crippen molar-refractivity contribution in [3.05, 3.63) is 35.9 Å². The number of piperidine rings is 2. The van der Waals surface area contributed by atoms with Crippen LogP contribution in [-0.2, 0) is 16.1 Å². The van der Waals surface area contributed by atoms with Gasteiger partial charge in [0, 0.05) is 45.2 Å². The van der Waals surface area contributed by atoms with E-state index in [1.54, 1.807) is 0 Å². The minimum absolute atomic E-state index is 0.0399. The molecule has 0 bridgehead atoms. The molecular formula is C22H33N3O2. The number of amides is 2. The maximum absolute atomic E-state index is 12.7. The molecule has 27 heavy (non-hydrogen) atoms. The smallest absolute Gasteiger partial charge is 0.225 e. The molecule has 2 heterocycles. The number of hydrogen-bond acceptors (Lipinski definition) is 3. The Kier molecular flexibility index (Phi) is 7.27. The second-order valence-corrected chi connectivity index (χ2v) is 7.97. The summed E-state index contributed by atoms with van der Waals surface area (Å²) >= 11 is 0. The fraction of sp³-hybridized carbons (Fsp3) is 0.636. The molecule has 2 aliphatic rings. The van der Waals surface area contributed by atoms with E-state index in [9.17, 15) is 9.59 Å². The number of hydrogen-bond donors (Lipinski definition) is 1. The summed E-state index contributed by atoms with van der Waals surface area (Å²) in [6.45, 7) is 6.45. The first-order chi connectivity index (χ1) is 13.2. The van der Waals surface area contributed by atoms with Gasteiger partial charge in [-0.2, -0.15) is 0 Å². The highest BCUT2D eigenvalue weighted by Gasteiger charge is 2.30. The van der Waals surface area contributed by atoms with Gasteiger partial charge in [0.05, 0.1) is 5.92 Å². The fourth-order valence-electron chi connectivity index (χ4n) is 4.19. The zero-order chi connectivity index (χ0) is 19.1. The monoisotopic (exact) mass is 371 g/mol. The standard InChI is InChI=1S/C22H33N3O2/c1-2-7-21(26)25-13-6-10-19(17-25)22(27)23-20-11-14-24(15-12-20)16-18-8-4-3-5-9-18/h3-5,8-9,19-20H,2,6-7,10-17H2,1H3,(H,23,27). The summed E-state index contributed by atoms with van der Waals surface area (Å²) in [6, 6.07) is 10.8. The third kappa shape index (κ3) is 5.80. The molecule has 0 spiro atoms. The minimum atomic E-state index is -0.0399. The van der Waals surface area contributed by atoms with Crippen molar-refractivity contribution >= 4 is 11.8 Å². The molecule has 2 fully saturated rings. The first-order valence-corrected chi connectivity index (χ1v) is 10.5. The summed E-state index contributed by atoms with van der Waals surface area (Å²) in [5, 5.41) is 3.26. The molecule has 2 aliphatic heterocycles. The number of nitrogens with one attached hydrogen (secondary N) is 1. The normalized spacial score (nSPS) is 21.8. The topological polar surface area (TPSA) is 52.7 Å². The zero-order valence-electron chi connectivity index (χ0n) is 16.5. The third-order valence-electron chi connectivity index (χ3n) is 5.79. The van der Waals surface area contributed by atoms with E-state index in [0.717, 1.165) is 58.3 Å². The van der Waals surface area contributed by atoms with E-state index >= 15 is 0 Å². The summed E-state index contributed by atoms with van der Waals surface area (Å²) in [5.74, 6) is 0.302. The summed E-state index contributed by atoms with van der Waals surface area (Å²) < 4.78 is 0. The van der Waals surface area contributed by atoms with Gasteiger partial charge in [-0.1, -0.05) is 37.3 Å². The lowest BCUT2D eigenvalue weighted by Crippen LogP contribution is -2.50. The van der Waals surface area contributed by atoms with Gasteiger partial charge in [0.2, 0.25) is 11.8 Å². The van der Waals surface area contributed by atoms with E-state index in [1.807, 2.05) is 17.9 Å². The molecule has 1 N–H and O–H groups in total. The molecule has 1 atom stereocenters. The molecule has 2 saturated heterocycles. The summed E-state index contributed by atoms with van der Waals surface area (Å²) in [7, 11) is 0. The molecule has 148 valence electrons. The lowest BCUT2D eigenvalue weighted by Gasteiger charge is -2.35. The van der Waals surface area contributed by atoms with Crippen LogP contribution in [0.15, 0.2) is 30.3 Å². The Bertz CT molecular complexity index is 611. The van der Waals surface area contributed by atoms with Crippen molar-refractivity contribution < 1.29 is 9.59 Å². The van der Waals surface area contributed by atoms with Crippen LogP contribution in [0.3, 0.4) is 0 Å². The SMILES string of the molecule is CCCC(=O)N1CCCC(C(=O)NC2CCN(Cc3ccccc3)CC2)C1. The first-order valence-electron chi connectivity index (χ1n) is 10.5. The van der Waals surface area contributed by atoms with E-state index in [2.05, 4.69) is 34.5 Å². The van der Waals surface area contributed by atoms with Gasteiger partial charge in [0.25, 0.3) is 0 Å². The van der Waals surface area contributed by atoms with Crippen molar-refractivity contribution in [3.8, 4) is 0 Å². The molecule has 0 saturated carbocycles. The summed E-state index contributed by atoms with van der Waals surface area (Å²) in [6.07, 6.45) is 5.30. The van der Waals surface area contributed by atoms with Gasteiger partial charge in [-0.15, -0.1) is 0 Å². The fourth-order valence-corrected chi connectivity index (χ4v) is 4.19. The number of carbonyl (C=O) groups excluding carboxylic acids is 2. The Balaban J connectivity index is 1.42. The Morgan fingerprint density at radius 2 is 1.81 bits per heavy atom. The summed E-state index contributed by atoms with van der Waals surface area (Å²) in [5.41, 5.74) is 1.35. The number of carbonyl (C=O) groups is 2. The van der Waals surface area contributed by atoms with E-state index in [-0.39, 0.29) is 23.8 Å². The predicted octanol–water partition coefficient (Wildman–Crippen LogP) is 2.81. The maximum atomic E-state index is 12.7. The van der Waals surface area contributed by atoms with E-state index < -0.39 is 0 Å². The predicted molar refractivity (Wildman–Crippen MR) is 107 cm³/mol. The van der Waals surface area contributed by atoms with Gasteiger partial charge >= 0.3 is 0 Å². The highest BCUT2D eigenvalue weighted by molar-refractivity contribution is 5.81. The number of nitrogens with zero attached hydrogens (tertiary/aromatic N) is 2. The Labute approximate surface area is 163 Å². The van der Waals surface area contributed by atoms with Crippen molar-refractivity contribution in [1.29, 1.82) is 0 Å². The largest absolute Gasteiger partial charge is 0.353 e. The van der Waals surface area contributed by atoms with Gasteiger partial charge in [-0.05, 0) is 37.7 Å². The van der Waals surface area contributed by atoms with Crippen LogP contribution in [0.5, 0.6) is 0 Å². The molecule has 5 nitrogen and oxygen atoms in total. The van der Waals surface area contributed by atoms with Crippen molar-refractivity contribution in [2.45, 2.75) is 58.0 Å². The van der Waals surface area contributed by atoms with Crippen molar-refractivity contribution in [1.82, 2.24) is 15.1 Å². The van der Waals surface area contributed by atoms with Crippen LogP contribution in [0, 0.1) is 5.92 Å². The van der Waals surface area contributed by atoms with Crippen LogP contribution in [0.2, 0.25) is 0 Å². The molecule has 2 amide bonds. The maximum Gasteiger partial charge on any atom is 0.225 e. The quantitative estimate of drug-likeness (QED) is 0.837. The van der Waals surface area contributed by atoms with Crippen molar-refractivity contribution in [2.24, 2.45) is 5.92 Å². The second kappa shape index (κ2) is 9.88. The minimum Gasteiger partial charge on any atom is -0.353 e. The first kappa shape index (κ1) is 19.9. The highest BCUT2D eigenvalue weighted by atomic mass is 16.2. The van der Waals surface area contributed by atoms with Crippen LogP contribution in [0.4, 0.5) is 0 Å². The molecule has 5 heteroatoms. The van der Waals surface area contributed by atoms with E-state index in [4.69, 9.17) is 0 Å². The van der Waals surface area contributed by atoms with E-state index in [0.29, 0.717) is 13.0 Å². The van der Waals surface area contributed by atoms with Gasteiger partial charge in [-0.25, -0.2) is 0 Å². The number of benzene rings is 1. The molecule has 0 aromatic heterocycles. The molecule has 0 radical (unpaired) electrons. The van der Waals surface area contributed by atoms with Gasteiger partial charge in [-0.3, -0.25) is 14.5 Å². The number of rotatable bonds is 6. The van der Waals surface area contributed by atoms with Gasteiger partial charge in [0.1, 0.15) is 0 Å². The van der Waals surface area contributed by atoms with Crippen LogP contribution in [-0.4, -0.2) is 53.8 Å². The average Bonchev–Trinajstić information content (AvgIpc) is 2.70. The van der Waals surface area contributed by atoms with Gasteiger partial charge < -0.3 is 10.2 Å². The number of likely N-dealkylation sites (tertiary alicyclic amines) is 2. The van der Waals surface area contributed by atoms with Crippen molar-refractivity contribution in [2.75, 3.05) is 26.2 Å². The molecular weight excluding hydrogens is 338 g/mol. The molecule has 1 unspecified atom stereocenters. The highest BCUT2D eigenvalue weighted by Crippen LogP contribution is 2.20. The van der Waals surface area contributed by atoms with Crippen LogP contribution in [0.25, 0.3) is 0 Å². The summed E-state index contributed by atoms with van der Waals surface area (Å²) in [4.78, 5) is 29.2. The lowest BCUT2D eigenvalue weighted by molar-refractivity contribution is -0.136. The third-order valence-corrected chi connectivity index (χ3v) is 5.79. The average molecular weight is 372 g/mol. The Morgan fingerprint density at radius 1 is 1.07 bits per heavy atom. The molecule has 3 rings (SSSR count). The lowest BCUT2D eigenvalue weighted by atomic mass is 9.95. The van der Waals surface area contributed by atoms with Crippen LogP contribution < -0.4 is 5.32 Å². The van der Waals surface area contributed by atoms with Crippen molar-refractivity contribution in [3.63, 3.8) is 0 Å². The second-order valence-electron chi connectivity index (χ2n) is 7.97.